The second kappa shape index (κ2) is 8.67. The van der Waals surface area contributed by atoms with Crippen molar-refractivity contribution in [3.8, 4) is 0 Å². The standard InChI is InChI=1S/C27H30N2/c1-21(20-28(2)3)29(27-17-9-14-23-11-5-7-16-26(23)27)19-18-24-13-8-12-22-10-4-6-15-25(22)24/h4-17,21H,18-20H2,1-3H3. The van der Waals surface area contributed by atoms with Gasteiger partial charge in [-0.2, -0.15) is 0 Å². The maximum Gasteiger partial charge on any atom is 0.0448 e. The summed E-state index contributed by atoms with van der Waals surface area (Å²) in [6.45, 7) is 4.36. The van der Waals surface area contributed by atoms with Crippen molar-refractivity contribution in [2.45, 2.75) is 19.4 Å². The lowest BCUT2D eigenvalue weighted by Crippen LogP contribution is -2.41. The molecular weight excluding hydrogens is 352 g/mol. The SMILES string of the molecule is CC(CN(C)C)N(CCc1cccc2ccccc12)c1cccc2ccccc12. The average Bonchev–Trinajstić information content (AvgIpc) is 2.73. The number of hydrogen-bond acceptors (Lipinski definition) is 2. The molecule has 1 unspecified atom stereocenters. The van der Waals surface area contributed by atoms with E-state index in [9.17, 15) is 0 Å². The van der Waals surface area contributed by atoms with E-state index in [2.05, 4.69) is 116 Å². The van der Waals surface area contributed by atoms with Gasteiger partial charge in [0.2, 0.25) is 0 Å². The first kappa shape index (κ1) is 19.5. The minimum absolute atomic E-state index is 0.422. The van der Waals surface area contributed by atoms with E-state index in [-0.39, 0.29) is 0 Å². The van der Waals surface area contributed by atoms with Crippen LogP contribution in [0.4, 0.5) is 5.69 Å². The molecule has 148 valence electrons. The summed E-state index contributed by atoms with van der Waals surface area (Å²) in [5.41, 5.74) is 2.75. The van der Waals surface area contributed by atoms with E-state index in [1.165, 1.54) is 32.8 Å². The van der Waals surface area contributed by atoms with Gasteiger partial charge in [-0.1, -0.05) is 78.9 Å². The van der Waals surface area contributed by atoms with Crippen LogP contribution in [0.3, 0.4) is 0 Å². The van der Waals surface area contributed by atoms with Crippen LogP contribution < -0.4 is 4.90 Å². The lowest BCUT2D eigenvalue weighted by Gasteiger charge is -2.34. The van der Waals surface area contributed by atoms with Crippen molar-refractivity contribution in [1.82, 2.24) is 4.90 Å². The van der Waals surface area contributed by atoms with Crippen LogP contribution in [0.1, 0.15) is 12.5 Å². The molecule has 0 fully saturated rings. The topological polar surface area (TPSA) is 6.48 Å². The number of hydrogen-bond donors (Lipinski definition) is 0. The highest BCUT2D eigenvalue weighted by Crippen LogP contribution is 2.29. The Kier molecular flexibility index (Phi) is 5.82. The molecule has 0 radical (unpaired) electrons. The smallest absolute Gasteiger partial charge is 0.0448 e. The molecule has 0 aliphatic rings. The van der Waals surface area contributed by atoms with Gasteiger partial charge >= 0.3 is 0 Å². The summed E-state index contributed by atoms with van der Waals surface area (Å²) in [5, 5.41) is 5.33. The fourth-order valence-corrected chi connectivity index (χ4v) is 4.42. The quantitative estimate of drug-likeness (QED) is 0.387. The minimum atomic E-state index is 0.422. The minimum Gasteiger partial charge on any atom is -0.367 e. The Morgan fingerprint density at radius 3 is 2.00 bits per heavy atom. The number of likely N-dealkylation sites (N-methyl/N-ethyl adjacent to an activating group) is 1. The zero-order chi connectivity index (χ0) is 20.2. The van der Waals surface area contributed by atoms with Crippen LogP contribution in [0.2, 0.25) is 0 Å². The molecule has 29 heavy (non-hydrogen) atoms. The van der Waals surface area contributed by atoms with E-state index in [1.54, 1.807) is 0 Å². The average molecular weight is 383 g/mol. The van der Waals surface area contributed by atoms with Crippen molar-refractivity contribution in [2.75, 3.05) is 32.1 Å². The summed E-state index contributed by atoms with van der Waals surface area (Å²) in [6, 6.07) is 31.2. The fraction of sp³-hybridized carbons (Fsp3) is 0.259. The first-order valence-corrected chi connectivity index (χ1v) is 10.5. The monoisotopic (exact) mass is 382 g/mol. The van der Waals surface area contributed by atoms with Gasteiger partial charge in [-0.15, -0.1) is 0 Å². The van der Waals surface area contributed by atoms with Gasteiger partial charge in [0.1, 0.15) is 0 Å². The highest BCUT2D eigenvalue weighted by molar-refractivity contribution is 5.94. The highest BCUT2D eigenvalue weighted by Gasteiger charge is 2.18. The molecule has 4 aromatic carbocycles. The van der Waals surface area contributed by atoms with Crippen LogP contribution in [0, 0.1) is 0 Å². The molecule has 0 saturated heterocycles. The summed E-state index contributed by atoms with van der Waals surface area (Å²) in [6.07, 6.45) is 1.03. The fourth-order valence-electron chi connectivity index (χ4n) is 4.42. The van der Waals surface area contributed by atoms with E-state index in [4.69, 9.17) is 0 Å². The molecule has 0 N–H and O–H groups in total. The molecule has 0 bridgehead atoms. The number of benzene rings is 4. The zero-order valence-electron chi connectivity index (χ0n) is 17.7. The van der Waals surface area contributed by atoms with Crippen LogP contribution in [0.15, 0.2) is 84.9 Å². The second-order valence-electron chi connectivity index (χ2n) is 8.19. The summed E-state index contributed by atoms with van der Waals surface area (Å²) in [7, 11) is 4.31. The maximum atomic E-state index is 2.59. The molecule has 0 heterocycles. The van der Waals surface area contributed by atoms with Crippen LogP contribution >= 0.6 is 0 Å². The van der Waals surface area contributed by atoms with Gasteiger partial charge in [-0.05, 0) is 55.2 Å². The van der Waals surface area contributed by atoms with Gasteiger partial charge in [0.25, 0.3) is 0 Å². The van der Waals surface area contributed by atoms with E-state index < -0.39 is 0 Å². The number of nitrogens with zero attached hydrogens (tertiary/aromatic N) is 2. The summed E-state index contributed by atoms with van der Waals surface area (Å²) in [4.78, 5) is 4.87. The molecular formula is C27H30N2. The van der Waals surface area contributed by atoms with Crippen LogP contribution in [-0.2, 0) is 6.42 Å². The summed E-state index contributed by atoms with van der Waals surface area (Å²) >= 11 is 0. The van der Waals surface area contributed by atoms with Gasteiger partial charge in [0, 0.05) is 30.2 Å². The lowest BCUT2D eigenvalue weighted by molar-refractivity contribution is 0.372. The van der Waals surface area contributed by atoms with Crippen molar-refractivity contribution in [1.29, 1.82) is 0 Å². The van der Waals surface area contributed by atoms with Gasteiger partial charge in [-0.25, -0.2) is 0 Å². The number of rotatable bonds is 7. The van der Waals surface area contributed by atoms with Crippen molar-refractivity contribution >= 4 is 27.2 Å². The molecule has 4 rings (SSSR count). The molecule has 0 aromatic heterocycles. The Bertz CT molecular complexity index is 1090. The predicted molar refractivity (Wildman–Crippen MR) is 127 cm³/mol. The number of fused-ring (bicyclic) bond motifs is 2. The molecule has 4 aromatic rings. The van der Waals surface area contributed by atoms with Gasteiger partial charge in [-0.3, -0.25) is 0 Å². The largest absolute Gasteiger partial charge is 0.367 e. The zero-order valence-corrected chi connectivity index (χ0v) is 17.7. The molecule has 0 aliphatic carbocycles. The molecule has 0 spiro atoms. The van der Waals surface area contributed by atoms with E-state index >= 15 is 0 Å². The molecule has 2 nitrogen and oxygen atoms in total. The third-order valence-corrected chi connectivity index (χ3v) is 5.74. The van der Waals surface area contributed by atoms with Gasteiger partial charge in [0.15, 0.2) is 0 Å². The summed E-state index contributed by atoms with van der Waals surface area (Å²) in [5.74, 6) is 0. The lowest BCUT2D eigenvalue weighted by atomic mass is 10.0. The Morgan fingerprint density at radius 2 is 1.28 bits per heavy atom. The van der Waals surface area contributed by atoms with Crippen molar-refractivity contribution in [3.63, 3.8) is 0 Å². The molecule has 2 heteroatoms. The summed E-state index contributed by atoms with van der Waals surface area (Å²) < 4.78 is 0. The predicted octanol–water partition coefficient (Wildman–Crippen LogP) is 5.99. The normalized spacial score (nSPS) is 12.6. The first-order chi connectivity index (χ1) is 14.1. The third kappa shape index (κ3) is 4.28. The first-order valence-electron chi connectivity index (χ1n) is 10.5. The Balaban J connectivity index is 1.69. The van der Waals surface area contributed by atoms with Crippen molar-refractivity contribution in [3.05, 3.63) is 90.5 Å². The third-order valence-electron chi connectivity index (χ3n) is 5.74. The van der Waals surface area contributed by atoms with Gasteiger partial charge < -0.3 is 9.80 Å². The van der Waals surface area contributed by atoms with E-state index in [1.807, 2.05) is 0 Å². The molecule has 0 aliphatic heterocycles. The van der Waals surface area contributed by atoms with Crippen LogP contribution in [0.25, 0.3) is 21.5 Å². The van der Waals surface area contributed by atoms with E-state index in [0.29, 0.717) is 6.04 Å². The highest BCUT2D eigenvalue weighted by atomic mass is 15.2. The van der Waals surface area contributed by atoms with E-state index in [0.717, 1.165) is 19.5 Å². The Morgan fingerprint density at radius 1 is 0.690 bits per heavy atom. The molecule has 0 amide bonds. The molecule has 1 atom stereocenters. The number of anilines is 1. The van der Waals surface area contributed by atoms with Gasteiger partial charge in [0.05, 0.1) is 0 Å². The van der Waals surface area contributed by atoms with Crippen molar-refractivity contribution < 1.29 is 0 Å². The Labute approximate surface area is 174 Å². The maximum absolute atomic E-state index is 2.59. The van der Waals surface area contributed by atoms with Crippen LogP contribution in [-0.4, -0.2) is 38.1 Å². The van der Waals surface area contributed by atoms with Crippen LogP contribution in [0.5, 0.6) is 0 Å². The molecule has 0 saturated carbocycles. The Hall–Kier alpha value is -2.84. The van der Waals surface area contributed by atoms with Crippen molar-refractivity contribution in [2.24, 2.45) is 0 Å². The second-order valence-corrected chi connectivity index (χ2v) is 8.19.